The molecule has 0 amide bonds. The number of pyridine rings is 1. The van der Waals surface area contributed by atoms with Crippen LogP contribution >= 0.6 is 0 Å². The number of aromatic nitrogens is 1. The van der Waals surface area contributed by atoms with E-state index in [0.29, 0.717) is 11.5 Å². The third kappa shape index (κ3) is 4.40. The first-order valence-corrected chi connectivity index (χ1v) is 5.59. The molecule has 1 heterocycles. The van der Waals surface area contributed by atoms with Crippen LogP contribution < -0.4 is 5.32 Å². The summed E-state index contributed by atoms with van der Waals surface area (Å²) < 4.78 is 4.95. The Hall–Kier alpha value is -1.62. The first-order valence-electron chi connectivity index (χ1n) is 5.59. The number of carboxylic acids is 1. The first-order chi connectivity index (χ1) is 8.15. The maximum atomic E-state index is 10.8. The van der Waals surface area contributed by atoms with Crippen LogP contribution in [0.15, 0.2) is 12.1 Å². The van der Waals surface area contributed by atoms with Crippen molar-refractivity contribution in [2.75, 3.05) is 25.6 Å². The third-order valence-electron chi connectivity index (χ3n) is 2.40. The average molecular weight is 238 g/mol. The predicted molar refractivity (Wildman–Crippen MR) is 65.5 cm³/mol. The molecule has 0 radical (unpaired) electrons. The molecule has 1 rings (SSSR count). The number of nitrogens with one attached hydrogen (secondary N) is 1. The van der Waals surface area contributed by atoms with Gasteiger partial charge in [-0.2, -0.15) is 0 Å². The Morgan fingerprint density at radius 2 is 2.24 bits per heavy atom. The monoisotopic (exact) mass is 238 g/mol. The number of aryl methyl sites for hydroxylation is 1. The highest BCUT2D eigenvalue weighted by molar-refractivity contribution is 5.89. The number of anilines is 1. The van der Waals surface area contributed by atoms with E-state index < -0.39 is 5.97 Å². The molecule has 0 aliphatic carbocycles. The van der Waals surface area contributed by atoms with Crippen LogP contribution in [-0.2, 0) is 4.74 Å². The van der Waals surface area contributed by atoms with Crippen LogP contribution in [-0.4, -0.2) is 36.3 Å². The summed E-state index contributed by atoms with van der Waals surface area (Å²) in [5.41, 5.74) is 0.773. The van der Waals surface area contributed by atoms with Gasteiger partial charge < -0.3 is 15.2 Å². The Labute approximate surface area is 101 Å². The number of carbonyl (C=O) groups is 1. The van der Waals surface area contributed by atoms with Crippen LogP contribution in [0.2, 0.25) is 0 Å². The number of unbranched alkanes of at least 4 members (excludes halogenated alkanes) is 1. The molecule has 0 aliphatic heterocycles. The molecule has 0 spiro atoms. The smallest absolute Gasteiger partial charge is 0.337 e. The van der Waals surface area contributed by atoms with Crippen LogP contribution in [0.3, 0.4) is 0 Å². The fraction of sp³-hybridized carbons (Fsp3) is 0.500. The van der Waals surface area contributed by atoms with E-state index in [0.717, 1.165) is 26.0 Å². The van der Waals surface area contributed by atoms with E-state index in [1.165, 1.54) is 0 Å². The van der Waals surface area contributed by atoms with Crippen molar-refractivity contribution in [2.24, 2.45) is 0 Å². The van der Waals surface area contributed by atoms with Gasteiger partial charge >= 0.3 is 5.97 Å². The highest BCUT2D eigenvalue weighted by Crippen LogP contribution is 2.10. The zero-order valence-corrected chi connectivity index (χ0v) is 10.2. The minimum atomic E-state index is -0.943. The summed E-state index contributed by atoms with van der Waals surface area (Å²) in [6.45, 7) is 3.26. The Bertz CT molecular complexity index is 380. The highest BCUT2D eigenvalue weighted by atomic mass is 16.5. The summed E-state index contributed by atoms with van der Waals surface area (Å²) in [4.78, 5) is 15.0. The van der Waals surface area contributed by atoms with E-state index in [9.17, 15) is 4.79 Å². The van der Waals surface area contributed by atoms with Crippen LogP contribution in [0.1, 0.15) is 28.9 Å². The first kappa shape index (κ1) is 13.4. The predicted octanol–water partition coefficient (Wildman–Crippen LogP) is 1.93. The fourth-order valence-corrected chi connectivity index (χ4v) is 1.47. The van der Waals surface area contributed by atoms with Gasteiger partial charge in [0.1, 0.15) is 5.82 Å². The second-order valence-corrected chi connectivity index (χ2v) is 3.76. The standard InChI is InChI=1S/C12H18N2O3/c1-9-10(12(15)16)5-6-11(14-9)13-7-3-4-8-17-2/h5-6H,3-4,7-8H2,1-2H3,(H,13,14)(H,15,16). The molecule has 0 atom stereocenters. The van der Waals surface area contributed by atoms with Gasteiger partial charge in [0.25, 0.3) is 0 Å². The summed E-state index contributed by atoms with van der Waals surface area (Å²) in [5.74, 6) is -0.230. The fourth-order valence-electron chi connectivity index (χ4n) is 1.47. The molecule has 1 aromatic heterocycles. The van der Waals surface area contributed by atoms with Gasteiger partial charge in [-0.05, 0) is 31.9 Å². The van der Waals surface area contributed by atoms with E-state index in [4.69, 9.17) is 9.84 Å². The van der Waals surface area contributed by atoms with Gasteiger partial charge in [-0.3, -0.25) is 0 Å². The zero-order valence-electron chi connectivity index (χ0n) is 10.2. The lowest BCUT2D eigenvalue weighted by atomic mass is 10.2. The van der Waals surface area contributed by atoms with Gasteiger partial charge in [-0.1, -0.05) is 0 Å². The van der Waals surface area contributed by atoms with Crippen LogP contribution in [0.5, 0.6) is 0 Å². The molecule has 0 aromatic carbocycles. The Morgan fingerprint density at radius 1 is 1.47 bits per heavy atom. The molecule has 0 saturated carbocycles. The summed E-state index contributed by atoms with van der Waals surface area (Å²) in [6.07, 6.45) is 1.99. The van der Waals surface area contributed by atoms with E-state index in [1.54, 1.807) is 26.2 Å². The van der Waals surface area contributed by atoms with Gasteiger partial charge in [0, 0.05) is 20.3 Å². The quantitative estimate of drug-likeness (QED) is 0.710. The molecular formula is C12H18N2O3. The third-order valence-corrected chi connectivity index (χ3v) is 2.40. The summed E-state index contributed by atoms with van der Waals surface area (Å²) >= 11 is 0. The van der Waals surface area contributed by atoms with Gasteiger partial charge in [-0.15, -0.1) is 0 Å². The minimum Gasteiger partial charge on any atom is -0.478 e. The van der Waals surface area contributed by atoms with E-state index in [1.807, 2.05) is 0 Å². The van der Waals surface area contributed by atoms with Gasteiger partial charge in [0.05, 0.1) is 11.3 Å². The molecule has 0 unspecified atom stereocenters. The topological polar surface area (TPSA) is 71.5 Å². The maximum Gasteiger partial charge on any atom is 0.337 e. The molecule has 94 valence electrons. The van der Waals surface area contributed by atoms with Gasteiger partial charge in [0.15, 0.2) is 0 Å². The summed E-state index contributed by atoms with van der Waals surface area (Å²) in [7, 11) is 1.68. The molecular weight excluding hydrogens is 220 g/mol. The van der Waals surface area contributed by atoms with E-state index in [2.05, 4.69) is 10.3 Å². The van der Waals surface area contributed by atoms with Crippen molar-refractivity contribution in [1.29, 1.82) is 0 Å². The lowest BCUT2D eigenvalue weighted by Crippen LogP contribution is -2.07. The second kappa shape index (κ2) is 6.85. The SMILES string of the molecule is COCCCCNc1ccc(C(=O)O)c(C)n1. The van der Waals surface area contributed by atoms with Crippen molar-refractivity contribution in [1.82, 2.24) is 4.98 Å². The van der Waals surface area contributed by atoms with E-state index in [-0.39, 0.29) is 5.56 Å². The number of aromatic carboxylic acids is 1. The highest BCUT2D eigenvalue weighted by Gasteiger charge is 2.07. The van der Waals surface area contributed by atoms with Crippen molar-refractivity contribution in [3.8, 4) is 0 Å². The molecule has 0 fully saturated rings. The van der Waals surface area contributed by atoms with Crippen LogP contribution in [0.4, 0.5) is 5.82 Å². The number of carboxylic acid groups (broad SMARTS) is 1. The van der Waals surface area contributed by atoms with Crippen molar-refractivity contribution < 1.29 is 14.6 Å². The maximum absolute atomic E-state index is 10.8. The number of methoxy groups -OCH3 is 1. The summed E-state index contributed by atoms with van der Waals surface area (Å²) in [6, 6.07) is 3.26. The number of hydrogen-bond acceptors (Lipinski definition) is 4. The molecule has 2 N–H and O–H groups in total. The number of hydrogen-bond donors (Lipinski definition) is 2. The molecule has 0 aliphatic rings. The number of ether oxygens (including phenoxy) is 1. The van der Waals surface area contributed by atoms with E-state index >= 15 is 0 Å². The van der Waals surface area contributed by atoms with Gasteiger partial charge in [0.2, 0.25) is 0 Å². The molecule has 0 saturated heterocycles. The van der Waals surface area contributed by atoms with Crippen molar-refractivity contribution >= 4 is 11.8 Å². The minimum absolute atomic E-state index is 0.245. The average Bonchev–Trinajstić information content (AvgIpc) is 2.28. The molecule has 5 nitrogen and oxygen atoms in total. The van der Waals surface area contributed by atoms with Crippen molar-refractivity contribution in [3.05, 3.63) is 23.4 Å². The Balaban J connectivity index is 2.45. The molecule has 0 bridgehead atoms. The molecule has 17 heavy (non-hydrogen) atoms. The summed E-state index contributed by atoms with van der Waals surface area (Å²) in [5, 5.41) is 12.0. The lowest BCUT2D eigenvalue weighted by Gasteiger charge is -2.07. The van der Waals surface area contributed by atoms with Crippen molar-refractivity contribution in [3.63, 3.8) is 0 Å². The van der Waals surface area contributed by atoms with Crippen molar-refractivity contribution in [2.45, 2.75) is 19.8 Å². The largest absolute Gasteiger partial charge is 0.478 e. The molecule has 5 heteroatoms. The molecule has 1 aromatic rings. The second-order valence-electron chi connectivity index (χ2n) is 3.76. The van der Waals surface area contributed by atoms with Crippen LogP contribution in [0, 0.1) is 6.92 Å². The zero-order chi connectivity index (χ0) is 12.7. The van der Waals surface area contributed by atoms with Crippen LogP contribution in [0.25, 0.3) is 0 Å². The Kier molecular flexibility index (Phi) is 5.42. The Morgan fingerprint density at radius 3 is 2.82 bits per heavy atom. The normalized spacial score (nSPS) is 10.2. The van der Waals surface area contributed by atoms with Gasteiger partial charge in [-0.25, -0.2) is 9.78 Å². The number of nitrogens with zero attached hydrogens (tertiary/aromatic N) is 1. The number of rotatable bonds is 7. The lowest BCUT2D eigenvalue weighted by molar-refractivity contribution is 0.0695.